The Labute approximate surface area is 131 Å². The molecule has 6 heteroatoms. The van der Waals surface area contributed by atoms with Gasteiger partial charge in [0.1, 0.15) is 0 Å². The van der Waals surface area contributed by atoms with Gasteiger partial charge >= 0.3 is 5.97 Å². The molecule has 0 heterocycles. The molecular weight excluding hydrogens is 313 g/mol. The molecule has 0 aliphatic heterocycles. The van der Waals surface area contributed by atoms with Gasteiger partial charge in [0.15, 0.2) is 0 Å². The smallest absolute Gasteiger partial charge is 0.335 e. The summed E-state index contributed by atoms with van der Waals surface area (Å²) in [5.41, 5.74) is 1.60. The Morgan fingerprint density at radius 1 is 1.10 bits per heavy atom. The number of hydrogen-bond acceptors (Lipinski definition) is 2. The van der Waals surface area contributed by atoms with Crippen molar-refractivity contribution in [1.82, 2.24) is 0 Å². The number of carbonyl (C=O) groups is 2. The summed E-state index contributed by atoms with van der Waals surface area (Å²) in [4.78, 5) is 23.0. The van der Waals surface area contributed by atoms with Crippen molar-refractivity contribution in [1.29, 1.82) is 0 Å². The van der Waals surface area contributed by atoms with Crippen LogP contribution in [0.15, 0.2) is 36.4 Å². The van der Waals surface area contributed by atoms with Crippen LogP contribution in [0, 0.1) is 6.92 Å². The maximum Gasteiger partial charge on any atom is 0.335 e. The predicted molar refractivity (Wildman–Crippen MR) is 82.6 cm³/mol. The fraction of sp³-hybridized carbons (Fsp3) is 0.0667. The number of anilines is 1. The lowest BCUT2D eigenvalue weighted by atomic mass is 10.1. The average Bonchev–Trinajstić information content (AvgIpc) is 2.43. The van der Waals surface area contributed by atoms with E-state index in [1.54, 1.807) is 25.1 Å². The highest BCUT2D eigenvalue weighted by atomic mass is 35.5. The molecule has 0 atom stereocenters. The fourth-order valence-electron chi connectivity index (χ4n) is 1.78. The number of carboxylic acids is 1. The Morgan fingerprint density at radius 2 is 1.81 bits per heavy atom. The molecule has 0 spiro atoms. The number of rotatable bonds is 3. The van der Waals surface area contributed by atoms with Crippen molar-refractivity contribution in [3.05, 3.63) is 63.1 Å². The zero-order chi connectivity index (χ0) is 15.6. The molecule has 2 aromatic carbocycles. The molecule has 0 fully saturated rings. The topological polar surface area (TPSA) is 66.4 Å². The summed E-state index contributed by atoms with van der Waals surface area (Å²) in [6.07, 6.45) is 0. The van der Waals surface area contributed by atoms with E-state index in [1.165, 1.54) is 18.2 Å². The molecule has 2 N–H and O–H groups in total. The van der Waals surface area contributed by atoms with Crippen LogP contribution in [0.4, 0.5) is 5.69 Å². The van der Waals surface area contributed by atoms with Gasteiger partial charge in [0, 0.05) is 10.6 Å². The minimum atomic E-state index is -1.08. The summed E-state index contributed by atoms with van der Waals surface area (Å²) in [5, 5.41) is 12.1. The van der Waals surface area contributed by atoms with E-state index in [0.717, 1.165) is 5.56 Å². The Balaban J connectivity index is 2.27. The number of aromatic carboxylic acids is 1. The number of carboxylic acid groups (broad SMARTS) is 1. The second-order valence-corrected chi connectivity index (χ2v) is 5.26. The van der Waals surface area contributed by atoms with Gasteiger partial charge in [-0.1, -0.05) is 29.3 Å². The van der Waals surface area contributed by atoms with Crippen LogP contribution in [-0.4, -0.2) is 17.0 Å². The number of nitrogens with one attached hydrogen (secondary N) is 1. The third-order valence-corrected chi connectivity index (χ3v) is 3.46. The first-order chi connectivity index (χ1) is 9.88. The van der Waals surface area contributed by atoms with Gasteiger partial charge in [0.2, 0.25) is 0 Å². The first-order valence-electron chi connectivity index (χ1n) is 5.99. The summed E-state index contributed by atoms with van der Waals surface area (Å²) in [5.74, 6) is -1.44. The van der Waals surface area contributed by atoms with Crippen LogP contribution in [0.25, 0.3) is 0 Å². The van der Waals surface area contributed by atoms with Crippen LogP contribution in [0.1, 0.15) is 26.3 Å². The van der Waals surface area contributed by atoms with E-state index in [9.17, 15) is 9.59 Å². The summed E-state index contributed by atoms with van der Waals surface area (Å²) in [6.45, 7) is 1.79. The van der Waals surface area contributed by atoms with Crippen LogP contribution in [0.3, 0.4) is 0 Å². The van der Waals surface area contributed by atoms with Crippen LogP contribution in [0.5, 0.6) is 0 Å². The van der Waals surface area contributed by atoms with E-state index in [2.05, 4.69) is 5.32 Å². The quantitative estimate of drug-likeness (QED) is 0.887. The Bertz CT molecular complexity index is 729. The molecule has 0 radical (unpaired) electrons. The number of benzene rings is 2. The maximum absolute atomic E-state index is 12.2. The van der Waals surface area contributed by atoms with E-state index in [-0.39, 0.29) is 16.5 Å². The number of halogens is 2. The molecule has 1 amide bonds. The Hall–Kier alpha value is -2.04. The monoisotopic (exact) mass is 323 g/mol. The first-order valence-corrected chi connectivity index (χ1v) is 6.74. The standard InChI is InChI=1S/C15H11Cl2NO3/c1-8-2-4-10(16)7-11(8)14(19)18-13-5-3-9(15(20)21)6-12(13)17/h2-7H,1H3,(H,18,19)(H,20,21). The number of amides is 1. The van der Waals surface area contributed by atoms with Crippen molar-refractivity contribution in [2.75, 3.05) is 5.32 Å². The summed E-state index contributed by atoms with van der Waals surface area (Å²) in [6, 6.07) is 9.10. The molecule has 2 rings (SSSR count). The lowest BCUT2D eigenvalue weighted by Gasteiger charge is -2.10. The summed E-state index contributed by atoms with van der Waals surface area (Å²) in [7, 11) is 0. The lowest BCUT2D eigenvalue weighted by molar-refractivity contribution is 0.0696. The minimum absolute atomic E-state index is 0.0527. The Kier molecular flexibility index (Phi) is 4.50. The van der Waals surface area contributed by atoms with Gasteiger partial charge in [-0.25, -0.2) is 4.79 Å². The molecule has 0 unspecified atom stereocenters. The molecule has 0 saturated carbocycles. The zero-order valence-corrected chi connectivity index (χ0v) is 12.5. The highest BCUT2D eigenvalue weighted by Gasteiger charge is 2.13. The van der Waals surface area contributed by atoms with Gasteiger partial charge in [0.05, 0.1) is 16.3 Å². The molecule has 0 aliphatic rings. The zero-order valence-electron chi connectivity index (χ0n) is 11.0. The maximum atomic E-state index is 12.2. The molecule has 0 bridgehead atoms. The van der Waals surface area contributed by atoms with Crippen molar-refractivity contribution in [3.63, 3.8) is 0 Å². The second-order valence-electron chi connectivity index (χ2n) is 4.41. The third-order valence-electron chi connectivity index (χ3n) is 2.91. The van der Waals surface area contributed by atoms with Gasteiger partial charge < -0.3 is 10.4 Å². The van der Waals surface area contributed by atoms with Gasteiger partial charge in [-0.05, 0) is 42.8 Å². The number of aryl methyl sites for hydroxylation is 1. The van der Waals surface area contributed by atoms with Gasteiger partial charge in [-0.15, -0.1) is 0 Å². The number of carbonyl (C=O) groups excluding carboxylic acids is 1. The largest absolute Gasteiger partial charge is 0.478 e. The molecule has 0 saturated heterocycles. The molecule has 4 nitrogen and oxygen atoms in total. The van der Waals surface area contributed by atoms with Crippen LogP contribution in [0.2, 0.25) is 10.0 Å². The highest BCUT2D eigenvalue weighted by Crippen LogP contribution is 2.24. The fourth-order valence-corrected chi connectivity index (χ4v) is 2.18. The SMILES string of the molecule is Cc1ccc(Cl)cc1C(=O)Nc1ccc(C(=O)O)cc1Cl. The summed E-state index contributed by atoms with van der Waals surface area (Å²) < 4.78 is 0. The second kappa shape index (κ2) is 6.16. The van der Waals surface area contributed by atoms with Gasteiger partial charge in [0.25, 0.3) is 5.91 Å². The molecule has 0 aliphatic carbocycles. The van der Waals surface area contributed by atoms with Gasteiger partial charge in [-0.2, -0.15) is 0 Å². The molecule has 2 aromatic rings. The lowest BCUT2D eigenvalue weighted by Crippen LogP contribution is -2.14. The molecule has 21 heavy (non-hydrogen) atoms. The Morgan fingerprint density at radius 3 is 2.43 bits per heavy atom. The van der Waals surface area contributed by atoms with E-state index < -0.39 is 5.97 Å². The summed E-state index contributed by atoms with van der Waals surface area (Å²) >= 11 is 11.9. The van der Waals surface area contributed by atoms with E-state index in [0.29, 0.717) is 16.3 Å². The van der Waals surface area contributed by atoms with Crippen molar-refractivity contribution < 1.29 is 14.7 Å². The van der Waals surface area contributed by atoms with E-state index >= 15 is 0 Å². The predicted octanol–water partition coefficient (Wildman–Crippen LogP) is 4.25. The average molecular weight is 324 g/mol. The first kappa shape index (κ1) is 15.4. The highest BCUT2D eigenvalue weighted by molar-refractivity contribution is 6.34. The molecule has 108 valence electrons. The van der Waals surface area contributed by atoms with E-state index in [4.69, 9.17) is 28.3 Å². The van der Waals surface area contributed by atoms with Crippen molar-refractivity contribution in [2.45, 2.75) is 6.92 Å². The van der Waals surface area contributed by atoms with Crippen LogP contribution < -0.4 is 5.32 Å². The minimum Gasteiger partial charge on any atom is -0.478 e. The van der Waals surface area contributed by atoms with Crippen molar-refractivity contribution >= 4 is 40.8 Å². The van der Waals surface area contributed by atoms with E-state index in [1.807, 2.05) is 0 Å². The molecular formula is C15H11Cl2NO3. The third kappa shape index (κ3) is 3.54. The number of hydrogen-bond donors (Lipinski definition) is 2. The van der Waals surface area contributed by atoms with Gasteiger partial charge in [-0.3, -0.25) is 4.79 Å². The van der Waals surface area contributed by atoms with Crippen LogP contribution in [-0.2, 0) is 0 Å². The van der Waals surface area contributed by atoms with Crippen molar-refractivity contribution in [2.24, 2.45) is 0 Å². The van der Waals surface area contributed by atoms with Crippen molar-refractivity contribution in [3.8, 4) is 0 Å². The molecule has 0 aromatic heterocycles. The normalized spacial score (nSPS) is 10.2. The van der Waals surface area contributed by atoms with Crippen LogP contribution >= 0.6 is 23.2 Å².